The predicted octanol–water partition coefficient (Wildman–Crippen LogP) is 6.75. The summed E-state index contributed by atoms with van der Waals surface area (Å²) in [7, 11) is 0. The molecule has 0 spiro atoms. The Morgan fingerprint density at radius 1 is 0.944 bits per heavy atom. The minimum Gasteiger partial charge on any atom is -0.480 e. The number of fused-ring (bicyclic) bond motifs is 1. The van der Waals surface area contributed by atoms with Crippen molar-refractivity contribution in [1.82, 2.24) is 10.3 Å². The molecule has 36 heavy (non-hydrogen) atoms. The van der Waals surface area contributed by atoms with Crippen molar-refractivity contribution >= 4 is 22.6 Å². The Morgan fingerprint density at radius 2 is 1.56 bits per heavy atom. The van der Waals surface area contributed by atoms with Gasteiger partial charge in [0.2, 0.25) is 0 Å². The van der Waals surface area contributed by atoms with Crippen molar-refractivity contribution in [2.24, 2.45) is 11.3 Å². The molecule has 2 aromatic carbocycles. The number of carboxylic acids is 1. The lowest BCUT2D eigenvalue weighted by molar-refractivity contribution is -0.142. The summed E-state index contributed by atoms with van der Waals surface area (Å²) in [5.74, 6) is 0.182. The number of rotatable bonds is 7. The molecule has 1 aromatic heterocycles. The molecule has 0 unspecified atom stereocenters. The molecule has 0 radical (unpaired) electrons. The number of benzene rings is 2. The van der Waals surface area contributed by atoms with Crippen LogP contribution >= 0.6 is 0 Å². The highest BCUT2D eigenvalue weighted by Crippen LogP contribution is 2.31. The lowest BCUT2D eigenvalue weighted by Crippen LogP contribution is -2.49. The minimum absolute atomic E-state index is 0.0697. The van der Waals surface area contributed by atoms with Crippen molar-refractivity contribution in [3.8, 4) is 11.5 Å². The van der Waals surface area contributed by atoms with Crippen LogP contribution in [0.25, 0.3) is 10.8 Å². The van der Waals surface area contributed by atoms with Gasteiger partial charge in [0.05, 0.1) is 0 Å². The summed E-state index contributed by atoms with van der Waals surface area (Å²) in [5, 5.41) is 14.0. The third-order valence-electron chi connectivity index (χ3n) is 6.06. The number of amides is 1. The van der Waals surface area contributed by atoms with Gasteiger partial charge in [0.15, 0.2) is 0 Å². The van der Waals surface area contributed by atoms with E-state index in [0.29, 0.717) is 18.1 Å². The number of carbonyl (C=O) groups excluding carboxylic acids is 1. The minimum atomic E-state index is -1.07. The number of hydrogen-bond acceptors (Lipinski definition) is 4. The van der Waals surface area contributed by atoms with E-state index in [1.807, 2.05) is 30.3 Å². The summed E-state index contributed by atoms with van der Waals surface area (Å²) in [6.07, 6.45) is 0.670. The summed E-state index contributed by atoms with van der Waals surface area (Å²) in [6, 6.07) is 14.5. The molecule has 3 rings (SSSR count). The van der Waals surface area contributed by atoms with Gasteiger partial charge in [-0.1, -0.05) is 73.6 Å². The lowest BCUT2D eigenvalue weighted by atomic mass is 9.86. The van der Waals surface area contributed by atoms with Gasteiger partial charge >= 0.3 is 5.97 Å². The molecule has 1 atom stereocenters. The Labute approximate surface area is 214 Å². The van der Waals surface area contributed by atoms with E-state index in [9.17, 15) is 14.7 Å². The normalized spacial score (nSPS) is 13.0. The largest absolute Gasteiger partial charge is 0.480 e. The molecule has 2 N–H and O–H groups in total. The van der Waals surface area contributed by atoms with E-state index < -0.39 is 23.3 Å². The van der Waals surface area contributed by atoms with Gasteiger partial charge in [-0.2, -0.15) is 0 Å². The van der Waals surface area contributed by atoms with Crippen molar-refractivity contribution < 1.29 is 19.4 Å². The number of carboxylic acid groups (broad SMARTS) is 1. The Bertz CT molecular complexity index is 1250. The molecule has 0 aliphatic rings. The van der Waals surface area contributed by atoms with E-state index in [1.54, 1.807) is 26.8 Å². The number of aliphatic carboxylic acids is 1. The number of hydrogen-bond donors (Lipinski definition) is 2. The fourth-order valence-corrected chi connectivity index (χ4v) is 4.03. The van der Waals surface area contributed by atoms with Crippen LogP contribution in [0.5, 0.6) is 11.5 Å². The molecule has 0 saturated carbocycles. The fraction of sp³-hybridized carbons (Fsp3) is 0.433. The van der Waals surface area contributed by atoms with Gasteiger partial charge in [-0.25, -0.2) is 9.78 Å². The molecular weight excluding hydrogens is 452 g/mol. The zero-order valence-corrected chi connectivity index (χ0v) is 22.6. The smallest absolute Gasteiger partial charge is 0.326 e. The topological polar surface area (TPSA) is 88.5 Å². The highest BCUT2D eigenvalue weighted by molar-refractivity contribution is 5.99. The first kappa shape index (κ1) is 27.2. The third-order valence-corrected chi connectivity index (χ3v) is 6.06. The number of pyridine rings is 1. The highest BCUT2D eigenvalue weighted by atomic mass is 16.5. The molecule has 0 saturated heterocycles. The summed E-state index contributed by atoms with van der Waals surface area (Å²) in [6.45, 7) is 16.1. The average molecular weight is 491 g/mol. The monoisotopic (exact) mass is 490 g/mol. The summed E-state index contributed by atoms with van der Waals surface area (Å²) >= 11 is 0. The lowest BCUT2D eigenvalue weighted by Gasteiger charge is -2.27. The molecular formula is C30H38N2O4. The maximum atomic E-state index is 13.0. The van der Waals surface area contributed by atoms with Gasteiger partial charge in [-0.3, -0.25) is 4.79 Å². The number of carbonyl (C=O) groups is 2. The SMILES string of the molecule is CC(C)Cc1nc(C(=O)N[C@H](C(=O)O)C(C)(C)C)cc2ccc(Oc3ccc(C(C)(C)C)cc3)cc12. The molecule has 0 aliphatic heterocycles. The Hall–Kier alpha value is -3.41. The second-order valence-corrected chi connectivity index (χ2v) is 11.9. The average Bonchev–Trinajstić information content (AvgIpc) is 2.75. The summed E-state index contributed by atoms with van der Waals surface area (Å²) in [5.41, 5.74) is 1.65. The zero-order chi connectivity index (χ0) is 26.8. The highest BCUT2D eigenvalue weighted by Gasteiger charge is 2.33. The van der Waals surface area contributed by atoms with Crippen molar-refractivity contribution in [3.63, 3.8) is 0 Å². The van der Waals surface area contributed by atoms with Gasteiger partial charge in [-0.15, -0.1) is 0 Å². The first-order valence-electron chi connectivity index (χ1n) is 12.4. The van der Waals surface area contributed by atoms with Gasteiger partial charge in [-0.05, 0) is 64.5 Å². The van der Waals surface area contributed by atoms with E-state index >= 15 is 0 Å². The maximum absolute atomic E-state index is 13.0. The van der Waals surface area contributed by atoms with Crippen LogP contribution in [-0.4, -0.2) is 28.0 Å². The second kappa shape index (κ2) is 10.3. The van der Waals surface area contributed by atoms with E-state index in [1.165, 1.54) is 5.56 Å². The quantitative estimate of drug-likeness (QED) is 0.382. The number of aromatic nitrogens is 1. The van der Waals surface area contributed by atoms with Crippen molar-refractivity contribution in [3.05, 3.63) is 65.5 Å². The number of ether oxygens (including phenoxy) is 1. The van der Waals surface area contributed by atoms with Crippen LogP contribution in [-0.2, 0) is 16.6 Å². The van der Waals surface area contributed by atoms with Crippen LogP contribution < -0.4 is 10.1 Å². The Balaban J connectivity index is 1.95. The number of nitrogens with one attached hydrogen (secondary N) is 1. The third kappa shape index (κ3) is 6.62. The van der Waals surface area contributed by atoms with Gasteiger partial charge in [0, 0.05) is 11.1 Å². The van der Waals surface area contributed by atoms with Gasteiger partial charge < -0.3 is 15.2 Å². The van der Waals surface area contributed by atoms with Gasteiger partial charge in [0.25, 0.3) is 5.91 Å². The Morgan fingerprint density at radius 3 is 2.08 bits per heavy atom. The standard InChI is InChI=1S/C30H38N2O4/c1-18(2)15-24-23-17-22(36-21-13-10-20(11-14-21)29(3,4)5)12-9-19(23)16-25(31-24)27(33)32-26(28(34)35)30(6,7)8/h9-14,16-18,26H,15H2,1-8H3,(H,32,33)(H,34,35)/t26-/m1/s1. The molecule has 192 valence electrons. The zero-order valence-electron chi connectivity index (χ0n) is 22.6. The van der Waals surface area contributed by atoms with E-state index in [4.69, 9.17) is 4.74 Å². The molecule has 6 nitrogen and oxygen atoms in total. The van der Waals surface area contributed by atoms with Crippen LogP contribution in [0.4, 0.5) is 0 Å². The second-order valence-electron chi connectivity index (χ2n) is 11.9. The van der Waals surface area contributed by atoms with Gasteiger partial charge in [0.1, 0.15) is 23.2 Å². The first-order valence-corrected chi connectivity index (χ1v) is 12.4. The van der Waals surface area contributed by atoms with E-state index in [-0.39, 0.29) is 11.1 Å². The maximum Gasteiger partial charge on any atom is 0.326 e. The van der Waals surface area contributed by atoms with E-state index in [2.05, 4.69) is 57.1 Å². The summed E-state index contributed by atoms with van der Waals surface area (Å²) < 4.78 is 6.14. The summed E-state index contributed by atoms with van der Waals surface area (Å²) in [4.78, 5) is 29.4. The molecule has 3 aromatic rings. The fourth-order valence-electron chi connectivity index (χ4n) is 4.03. The van der Waals surface area contributed by atoms with Crippen LogP contribution in [0.15, 0.2) is 48.5 Å². The van der Waals surface area contributed by atoms with Crippen LogP contribution in [0.1, 0.15) is 77.1 Å². The Kier molecular flexibility index (Phi) is 7.77. The van der Waals surface area contributed by atoms with E-state index in [0.717, 1.165) is 22.2 Å². The van der Waals surface area contributed by atoms with Crippen molar-refractivity contribution in [2.45, 2.75) is 73.3 Å². The van der Waals surface area contributed by atoms with Crippen LogP contribution in [0.2, 0.25) is 0 Å². The number of nitrogens with zero attached hydrogens (tertiary/aromatic N) is 1. The van der Waals surface area contributed by atoms with Crippen LogP contribution in [0, 0.1) is 11.3 Å². The van der Waals surface area contributed by atoms with Crippen molar-refractivity contribution in [1.29, 1.82) is 0 Å². The molecule has 0 fully saturated rings. The predicted molar refractivity (Wildman–Crippen MR) is 144 cm³/mol. The van der Waals surface area contributed by atoms with Crippen LogP contribution in [0.3, 0.4) is 0 Å². The first-order chi connectivity index (χ1) is 16.6. The molecule has 0 aliphatic carbocycles. The molecule has 6 heteroatoms. The molecule has 1 amide bonds. The molecule has 0 bridgehead atoms. The van der Waals surface area contributed by atoms with Crippen molar-refractivity contribution in [2.75, 3.05) is 0 Å². The molecule has 1 heterocycles.